The van der Waals surface area contributed by atoms with Crippen molar-refractivity contribution >= 4 is 28.7 Å². The molecule has 0 bridgehead atoms. The number of fused-ring (bicyclic) bond motifs is 1. The van der Waals surface area contributed by atoms with Gasteiger partial charge in [0.25, 0.3) is 0 Å². The van der Waals surface area contributed by atoms with E-state index in [9.17, 15) is 4.79 Å². The molecular formula is C21H25N3OS. The Morgan fingerprint density at radius 1 is 1.12 bits per heavy atom. The molecule has 1 aromatic heterocycles. The number of aromatic nitrogens is 2. The Labute approximate surface area is 159 Å². The smallest absolute Gasteiger partial charge is 0.233 e. The highest BCUT2D eigenvalue weighted by atomic mass is 32.2. The molecule has 1 atom stereocenters. The third-order valence-corrected chi connectivity index (χ3v) is 5.39. The van der Waals surface area contributed by atoms with Gasteiger partial charge in [-0.15, -0.1) is 0 Å². The minimum Gasteiger partial charge on any atom is -0.351 e. The molecule has 3 aromatic rings. The van der Waals surface area contributed by atoms with E-state index in [0.717, 1.165) is 21.8 Å². The number of thioether (sulfide) groups is 1. The van der Waals surface area contributed by atoms with Crippen LogP contribution < -0.4 is 5.32 Å². The molecule has 0 aliphatic heterocycles. The van der Waals surface area contributed by atoms with Crippen molar-refractivity contribution in [2.24, 2.45) is 0 Å². The monoisotopic (exact) mass is 367 g/mol. The van der Waals surface area contributed by atoms with Crippen molar-refractivity contribution in [3.63, 3.8) is 0 Å². The lowest BCUT2D eigenvalue weighted by Gasteiger charge is -2.15. The topological polar surface area (TPSA) is 46.9 Å². The molecule has 136 valence electrons. The van der Waals surface area contributed by atoms with Crippen molar-refractivity contribution in [1.29, 1.82) is 0 Å². The minimum atomic E-state index is -0.213. The summed E-state index contributed by atoms with van der Waals surface area (Å²) in [6.45, 7) is 8.81. The molecule has 0 radical (unpaired) electrons. The number of rotatable bonds is 6. The number of amides is 1. The Bertz CT molecular complexity index is 899. The maximum Gasteiger partial charge on any atom is 0.233 e. The largest absolute Gasteiger partial charge is 0.351 e. The number of hydrogen-bond acceptors (Lipinski definition) is 3. The molecule has 1 N–H and O–H groups in total. The van der Waals surface area contributed by atoms with Crippen molar-refractivity contribution in [1.82, 2.24) is 14.9 Å². The van der Waals surface area contributed by atoms with E-state index >= 15 is 0 Å². The number of nitrogens with zero attached hydrogens (tertiary/aromatic N) is 2. The van der Waals surface area contributed by atoms with Crippen LogP contribution in [0.5, 0.6) is 0 Å². The Hall–Kier alpha value is -2.27. The van der Waals surface area contributed by atoms with Gasteiger partial charge in [-0.05, 0) is 45.4 Å². The van der Waals surface area contributed by atoms with Crippen molar-refractivity contribution in [2.75, 3.05) is 0 Å². The lowest BCUT2D eigenvalue weighted by Crippen LogP contribution is -2.30. The molecule has 0 aliphatic carbocycles. The van der Waals surface area contributed by atoms with E-state index in [0.29, 0.717) is 6.54 Å². The summed E-state index contributed by atoms with van der Waals surface area (Å²) in [5, 5.41) is 3.70. The number of aryl methyl sites for hydroxylation is 1. The highest BCUT2D eigenvalue weighted by molar-refractivity contribution is 8.00. The molecular weight excluding hydrogens is 342 g/mol. The van der Waals surface area contributed by atoms with Crippen LogP contribution in [-0.4, -0.2) is 20.7 Å². The fourth-order valence-electron chi connectivity index (χ4n) is 2.86. The highest BCUT2D eigenvalue weighted by Gasteiger charge is 2.20. The number of carbonyl (C=O) groups is 1. The van der Waals surface area contributed by atoms with Crippen molar-refractivity contribution in [3.8, 4) is 0 Å². The summed E-state index contributed by atoms with van der Waals surface area (Å²) in [5.41, 5.74) is 4.40. The zero-order valence-corrected chi connectivity index (χ0v) is 16.5. The van der Waals surface area contributed by atoms with Gasteiger partial charge in [0.15, 0.2) is 5.16 Å². The normalized spacial score (nSPS) is 12.5. The number of carbonyl (C=O) groups excluding carboxylic acids is 1. The standard InChI is InChI=1S/C21H25N3OS/c1-14(2)24-19-8-6-5-7-18(19)23-21(24)26-16(4)20(25)22-13-17-11-9-15(3)10-12-17/h5-12,14,16H,13H2,1-4H3,(H,22,25)/t16-/m0/s1. The molecule has 3 rings (SSSR count). The second kappa shape index (κ2) is 7.96. The van der Waals surface area contributed by atoms with E-state index < -0.39 is 0 Å². The molecule has 5 heteroatoms. The van der Waals surface area contributed by atoms with Crippen LogP contribution in [0, 0.1) is 6.92 Å². The lowest BCUT2D eigenvalue weighted by atomic mass is 10.1. The first-order chi connectivity index (χ1) is 12.5. The average molecular weight is 368 g/mol. The predicted octanol–water partition coefficient (Wildman–Crippen LogP) is 4.72. The molecule has 1 amide bonds. The van der Waals surface area contributed by atoms with Gasteiger partial charge in [-0.3, -0.25) is 4.79 Å². The second-order valence-electron chi connectivity index (χ2n) is 6.81. The van der Waals surface area contributed by atoms with Crippen LogP contribution in [-0.2, 0) is 11.3 Å². The van der Waals surface area contributed by atoms with E-state index in [1.54, 1.807) is 0 Å². The SMILES string of the molecule is Cc1ccc(CNC(=O)[C@H](C)Sc2nc3ccccc3n2C(C)C)cc1. The van der Waals surface area contributed by atoms with Crippen LogP contribution in [0.25, 0.3) is 11.0 Å². The lowest BCUT2D eigenvalue weighted by molar-refractivity contribution is -0.120. The van der Waals surface area contributed by atoms with Gasteiger partial charge in [-0.1, -0.05) is 53.7 Å². The number of para-hydroxylation sites is 2. The first-order valence-electron chi connectivity index (χ1n) is 8.92. The van der Waals surface area contributed by atoms with Crippen LogP contribution in [0.4, 0.5) is 0 Å². The van der Waals surface area contributed by atoms with Gasteiger partial charge < -0.3 is 9.88 Å². The molecule has 4 nitrogen and oxygen atoms in total. The molecule has 0 unspecified atom stereocenters. The predicted molar refractivity (Wildman–Crippen MR) is 108 cm³/mol. The van der Waals surface area contributed by atoms with Gasteiger partial charge >= 0.3 is 0 Å². The molecule has 0 spiro atoms. The molecule has 0 saturated heterocycles. The maximum absolute atomic E-state index is 12.5. The van der Waals surface area contributed by atoms with Crippen LogP contribution in [0.15, 0.2) is 53.7 Å². The van der Waals surface area contributed by atoms with Gasteiger partial charge in [0.2, 0.25) is 5.91 Å². The third kappa shape index (κ3) is 4.10. The number of nitrogens with one attached hydrogen (secondary N) is 1. The van der Waals surface area contributed by atoms with Crippen molar-refractivity contribution in [2.45, 2.75) is 50.7 Å². The summed E-state index contributed by atoms with van der Waals surface area (Å²) in [7, 11) is 0. The van der Waals surface area contributed by atoms with E-state index in [1.165, 1.54) is 17.3 Å². The molecule has 0 fully saturated rings. The fourth-order valence-corrected chi connectivity index (χ4v) is 3.94. The molecule has 0 saturated carbocycles. The van der Waals surface area contributed by atoms with E-state index in [4.69, 9.17) is 4.98 Å². The zero-order valence-electron chi connectivity index (χ0n) is 15.7. The molecule has 2 aromatic carbocycles. The Kier molecular flexibility index (Phi) is 5.67. The summed E-state index contributed by atoms with van der Waals surface area (Å²) < 4.78 is 2.20. The van der Waals surface area contributed by atoms with Gasteiger partial charge in [-0.2, -0.15) is 0 Å². The first-order valence-corrected chi connectivity index (χ1v) is 9.80. The molecule has 0 aliphatic rings. The zero-order chi connectivity index (χ0) is 18.7. The number of benzene rings is 2. The summed E-state index contributed by atoms with van der Waals surface area (Å²) in [6.07, 6.45) is 0. The average Bonchev–Trinajstić information content (AvgIpc) is 2.98. The van der Waals surface area contributed by atoms with Crippen molar-refractivity contribution in [3.05, 3.63) is 59.7 Å². The fraction of sp³-hybridized carbons (Fsp3) is 0.333. The van der Waals surface area contributed by atoms with E-state index in [-0.39, 0.29) is 17.2 Å². The van der Waals surface area contributed by atoms with Crippen LogP contribution in [0.1, 0.15) is 37.9 Å². The summed E-state index contributed by atoms with van der Waals surface area (Å²) in [5.74, 6) is 0.0259. The number of hydrogen-bond donors (Lipinski definition) is 1. The summed E-state index contributed by atoms with van der Waals surface area (Å²) >= 11 is 1.51. The second-order valence-corrected chi connectivity index (χ2v) is 8.12. The Morgan fingerprint density at radius 2 is 1.81 bits per heavy atom. The third-order valence-electron chi connectivity index (χ3n) is 4.32. The van der Waals surface area contributed by atoms with Crippen molar-refractivity contribution < 1.29 is 4.79 Å². The summed E-state index contributed by atoms with van der Waals surface area (Å²) in [6, 6.07) is 16.6. The van der Waals surface area contributed by atoms with E-state index in [1.807, 2.05) is 37.3 Å². The Balaban J connectivity index is 1.70. The van der Waals surface area contributed by atoms with Gasteiger partial charge in [0.05, 0.1) is 16.3 Å². The number of imidazole rings is 1. The first kappa shape index (κ1) is 18.5. The van der Waals surface area contributed by atoms with Crippen LogP contribution >= 0.6 is 11.8 Å². The maximum atomic E-state index is 12.5. The highest BCUT2D eigenvalue weighted by Crippen LogP contribution is 2.30. The van der Waals surface area contributed by atoms with Crippen LogP contribution in [0.2, 0.25) is 0 Å². The molecule has 26 heavy (non-hydrogen) atoms. The quantitative estimate of drug-likeness (QED) is 0.641. The Morgan fingerprint density at radius 3 is 2.50 bits per heavy atom. The minimum absolute atomic E-state index is 0.0259. The van der Waals surface area contributed by atoms with Crippen LogP contribution in [0.3, 0.4) is 0 Å². The molecule has 1 heterocycles. The van der Waals surface area contributed by atoms with E-state index in [2.05, 4.69) is 48.9 Å². The summed E-state index contributed by atoms with van der Waals surface area (Å²) in [4.78, 5) is 17.2. The van der Waals surface area contributed by atoms with Gasteiger partial charge in [0, 0.05) is 12.6 Å². The van der Waals surface area contributed by atoms with Gasteiger partial charge in [-0.25, -0.2) is 4.98 Å². The van der Waals surface area contributed by atoms with Gasteiger partial charge in [0.1, 0.15) is 0 Å².